The Bertz CT molecular complexity index is 408. The van der Waals surface area contributed by atoms with Gasteiger partial charge in [-0.05, 0) is 19.9 Å². The minimum atomic E-state index is 0.180. The molecular weight excluding hydrogens is 194 g/mol. The van der Waals surface area contributed by atoms with E-state index in [-0.39, 0.29) is 6.04 Å². The Morgan fingerprint density at radius 1 is 1.60 bits per heavy atom. The second kappa shape index (κ2) is 4.22. The summed E-state index contributed by atoms with van der Waals surface area (Å²) in [5.41, 5.74) is 1.03. The Morgan fingerprint density at radius 2 is 2.47 bits per heavy atom. The summed E-state index contributed by atoms with van der Waals surface area (Å²) in [4.78, 5) is 4.10. The summed E-state index contributed by atoms with van der Waals surface area (Å²) in [7, 11) is 0. The summed E-state index contributed by atoms with van der Waals surface area (Å²) >= 11 is 0. The molecule has 0 aromatic carbocycles. The highest BCUT2D eigenvalue weighted by atomic mass is 16.5. The Kier molecular flexibility index (Phi) is 2.77. The van der Waals surface area contributed by atoms with Crippen molar-refractivity contribution < 1.29 is 4.52 Å². The summed E-state index contributed by atoms with van der Waals surface area (Å²) in [6.45, 7) is 4.39. The summed E-state index contributed by atoms with van der Waals surface area (Å²) in [5.74, 6) is 1.25. The quantitative estimate of drug-likeness (QED) is 0.780. The summed E-state index contributed by atoms with van der Waals surface area (Å²) in [6.07, 6.45) is 1.73. The van der Waals surface area contributed by atoms with Crippen LogP contribution in [0.3, 0.4) is 0 Å². The van der Waals surface area contributed by atoms with Crippen LogP contribution in [0.15, 0.2) is 16.8 Å². The molecule has 2 aromatic heterocycles. The minimum absolute atomic E-state index is 0.180. The van der Waals surface area contributed by atoms with Crippen molar-refractivity contribution in [2.24, 2.45) is 0 Å². The molecule has 1 atom stereocenters. The first-order valence-electron chi connectivity index (χ1n) is 4.77. The number of hydrogen-bond acceptors (Lipinski definition) is 5. The number of hydrogen-bond donors (Lipinski definition) is 2. The van der Waals surface area contributed by atoms with E-state index in [1.807, 2.05) is 13.0 Å². The topological polar surface area (TPSA) is 79.6 Å². The highest BCUT2D eigenvalue weighted by Gasteiger charge is 2.08. The molecule has 80 valence electrons. The van der Waals surface area contributed by atoms with Crippen LogP contribution in [0, 0.1) is 6.92 Å². The van der Waals surface area contributed by atoms with Crippen LogP contribution in [-0.4, -0.2) is 20.3 Å². The van der Waals surface area contributed by atoms with E-state index in [1.54, 1.807) is 13.1 Å². The molecule has 0 aliphatic rings. The second-order valence-electron chi connectivity index (χ2n) is 3.35. The average molecular weight is 207 g/mol. The zero-order chi connectivity index (χ0) is 10.7. The van der Waals surface area contributed by atoms with Crippen molar-refractivity contribution >= 4 is 0 Å². The number of aromatic nitrogens is 4. The molecule has 15 heavy (non-hydrogen) atoms. The maximum absolute atomic E-state index is 4.98. The van der Waals surface area contributed by atoms with E-state index in [2.05, 4.69) is 25.7 Å². The molecule has 6 heteroatoms. The first-order chi connectivity index (χ1) is 7.25. The summed E-state index contributed by atoms with van der Waals surface area (Å²) in [6, 6.07) is 2.11. The molecule has 2 aromatic rings. The first kappa shape index (κ1) is 9.85. The van der Waals surface area contributed by atoms with Crippen LogP contribution in [0.2, 0.25) is 0 Å². The second-order valence-corrected chi connectivity index (χ2v) is 3.35. The normalized spacial score (nSPS) is 12.9. The lowest BCUT2D eigenvalue weighted by Crippen LogP contribution is -2.18. The van der Waals surface area contributed by atoms with Gasteiger partial charge < -0.3 is 9.84 Å². The Morgan fingerprint density at radius 3 is 3.07 bits per heavy atom. The molecule has 0 aliphatic carbocycles. The van der Waals surface area contributed by atoms with Crippen molar-refractivity contribution in [2.75, 3.05) is 0 Å². The lowest BCUT2D eigenvalue weighted by atomic mass is 10.2. The highest BCUT2D eigenvalue weighted by Crippen LogP contribution is 2.08. The number of H-pyrrole nitrogens is 1. The van der Waals surface area contributed by atoms with Gasteiger partial charge in [0, 0.05) is 12.2 Å². The van der Waals surface area contributed by atoms with Crippen LogP contribution in [0.1, 0.15) is 30.4 Å². The maximum atomic E-state index is 4.98. The van der Waals surface area contributed by atoms with Gasteiger partial charge in [0.1, 0.15) is 0 Å². The van der Waals surface area contributed by atoms with Gasteiger partial charge in [-0.1, -0.05) is 5.16 Å². The lowest BCUT2D eigenvalue weighted by Gasteiger charge is -2.08. The molecule has 0 saturated carbocycles. The fourth-order valence-corrected chi connectivity index (χ4v) is 1.27. The van der Waals surface area contributed by atoms with Gasteiger partial charge >= 0.3 is 0 Å². The first-order valence-corrected chi connectivity index (χ1v) is 4.77. The van der Waals surface area contributed by atoms with Gasteiger partial charge in [-0.25, -0.2) is 0 Å². The fourth-order valence-electron chi connectivity index (χ4n) is 1.27. The van der Waals surface area contributed by atoms with E-state index in [1.165, 1.54) is 0 Å². The van der Waals surface area contributed by atoms with Gasteiger partial charge in [-0.15, -0.1) is 0 Å². The van der Waals surface area contributed by atoms with Crippen LogP contribution in [-0.2, 0) is 6.54 Å². The Labute approximate surface area is 87.1 Å². The molecule has 6 nitrogen and oxygen atoms in total. The molecule has 0 bridgehead atoms. The third kappa shape index (κ3) is 2.41. The SMILES string of the molecule is Cc1noc(CNC(C)c2ccn[nH]2)n1. The monoisotopic (exact) mass is 207 g/mol. The van der Waals surface area contributed by atoms with Gasteiger partial charge in [0.2, 0.25) is 5.89 Å². The van der Waals surface area contributed by atoms with Gasteiger partial charge in [-0.2, -0.15) is 10.1 Å². The van der Waals surface area contributed by atoms with E-state index in [0.717, 1.165) is 5.69 Å². The molecule has 2 rings (SSSR count). The number of nitrogens with one attached hydrogen (secondary N) is 2. The predicted molar refractivity (Wildman–Crippen MR) is 52.9 cm³/mol. The van der Waals surface area contributed by atoms with Crippen molar-refractivity contribution in [3.05, 3.63) is 29.7 Å². The number of nitrogens with zero attached hydrogens (tertiary/aromatic N) is 3. The number of aromatic amines is 1. The molecule has 0 saturated heterocycles. The van der Waals surface area contributed by atoms with Crippen molar-refractivity contribution in [3.8, 4) is 0 Å². The maximum Gasteiger partial charge on any atom is 0.240 e. The van der Waals surface area contributed by atoms with E-state index in [4.69, 9.17) is 4.52 Å². The average Bonchev–Trinajstić information content (AvgIpc) is 2.84. The van der Waals surface area contributed by atoms with E-state index in [9.17, 15) is 0 Å². The van der Waals surface area contributed by atoms with Gasteiger partial charge in [0.15, 0.2) is 5.82 Å². The number of aryl methyl sites for hydroxylation is 1. The predicted octanol–water partition coefficient (Wildman–Crippen LogP) is 0.952. The third-order valence-electron chi connectivity index (χ3n) is 2.12. The van der Waals surface area contributed by atoms with E-state index >= 15 is 0 Å². The molecule has 0 amide bonds. The van der Waals surface area contributed by atoms with Crippen molar-refractivity contribution in [1.29, 1.82) is 0 Å². The minimum Gasteiger partial charge on any atom is -0.338 e. The molecule has 0 fully saturated rings. The standard InChI is InChI=1S/C9H13N5O/c1-6(8-3-4-11-13-8)10-5-9-12-7(2)14-15-9/h3-4,6,10H,5H2,1-2H3,(H,11,13). The Balaban J connectivity index is 1.88. The third-order valence-corrected chi connectivity index (χ3v) is 2.12. The fraction of sp³-hybridized carbons (Fsp3) is 0.444. The Hall–Kier alpha value is -1.69. The smallest absolute Gasteiger partial charge is 0.240 e. The van der Waals surface area contributed by atoms with E-state index < -0.39 is 0 Å². The molecule has 0 spiro atoms. The molecule has 0 aliphatic heterocycles. The van der Waals surface area contributed by atoms with Crippen LogP contribution < -0.4 is 5.32 Å². The zero-order valence-electron chi connectivity index (χ0n) is 8.69. The molecular formula is C9H13N5O. The highest BCUT2D eigenvalue weighted by molar-refractivity contribution is 5.03. The van der Waals surface area contributed by atoms with Crippen molar-refractivity contribution in [2.45, 2.75) is 26.4 Å². The van der Waals surface area contributed by atoms with Crippen LogP contribution in [0.4, 0.5) is 0 Å². The van der Waals surface area contributed by atoms with E-state index in [0.29, 0.717) is 18.3 Å². The van der Waals surface area contributed by atoms with Crippen LogP contribution in [0.25, 0.3) is 0 Å². The zero-order valence-corrected chi connectivity index (χ0v) is 8.69. The molecule has 0 radical (unpaired) electrons. The van der Waals surface area contributed by atoms with Crippen molar-refractivity contribution in [1.82, 2.24) is 25.7 Å². The molecule has 1 unspecified atom stereocenters. The van der Waals surface area contributed by atoms with Gasteiger partial charge in [0.25, 0.3) is 0 Å². The lowest BCUT2D eigenvalue weighted by molar-refractivity contribution is 0.356. The summed E-state index contributed by atoms with van der Waals surface area (Å²) < 4.78 is 4.98. The van der Waals surface area contributed by atoms with Gasteiger partial charge in [0.05, 0.1) is 12.2 Å². The van der Waals surface area contributed by atoms with Gasteiger partial charge in [-0.3, -0.25) is 5.10 Å². The van der Waals surface area contributed by atoms with Crippen molar-refractivity contribution in [3.63, 3.8) is 0 Å². The molecule has 2 N–H and O–H groups in total. The van der Waals surface area contributed by atoms with Crippen LogP contribution >= 0.6 is 0 Å². The molecule has 2 heterocycles. The van der Waals surface area contributed by atoms with Crippen LogP contribution in [0.5, 0.6) is 0 Å². The number of rotatable bonds is 4. The largest absolute Gasteiger partial charge is 0.338 e. The summed E-state index contributed by atoms with van der Waals surface area (Å²) in [5, 5.41) is 13.7.